The highest BCUT2D eigenvalue weighted by atomic mass is 16.5. The molecule has 0 aliphatic heterocycles. The molecule has 0 aromatic heterocycles. The van der Waals surface area contributed by atoms with E-state index in [-0.39, 0.29) is 17.9 Å². The molecule has 4 heteroatoms. The molecular weight excluding hydrogens is 254 g/mol. The SMILES string of the molecule is COC(=O)C1CCCCCC(C(C)N=C=O)CCCC1. The number of isocyanates is 1. The van der Waals surface area contributed by atoms with Crippen molar-refractivity contribution in [3.05, 3.63) is 0 Å². The maximum atomic E-state index is 11.7. The van der Waals surface area contributed by atoms with Gasteiger partial charge >= 0.3 is 5.97 Å². The zero-order valence-corrected chi connectivity index (χ0v) is 12.8. The first-order valence-corrected chi connectivity index (χ1v) is 7.83. The zero-order valence-electron chi connectivity index (χ0n) is 12.8. The summed E-state index contributed by atoms with van der Waals surface area (Å²) in [4.78, 5) is 26.0. The second-order valence-corrected chi connectivity index (χ2v) is 5.86. The normalized spacial score (nSPS) is 26.7. The van der Waals surface area contributed by atoms with Crippen LogP contribution in [0.1, 0.15) is 64.7 Å². The molecule has 0 saturated heterocycles. The molecule has 0 aromatic rings. The summed E-state index contributed by atoms with van der Waals surface area (Å²) in [6.07, 6.45) is 11.3. The highest BCUT2D eigenvalue weighted by Crippen LogP contribution is 2.27. The number of ether oxygens (including phenoxy) is 1. The Balaban J connectivity index is 2.53. The van der Waals surface area contributed by atoms with Gasteiger partial charge in [-0.1, -0.05) is 32.1 Å². The molecule has 0 amide bonds. The summed E-state index contributed by atoms with van der Waals surface area (Å²) in [6.45, 7) is 2.01. The number of hydrogen-bond donors (Lipinski definition) is 0. The van der Waals surface area contributed by atoms with Crippen LogP contribution in [-0.4, -0.2) is 25.2 Å². The van der Waals surface area contributed by atoms with E-state index in [1.807, 2.05) is 6.92 Å². The van der Waals surface area contributed by atoms with Gasteiger partial charge in [-0.2, -0.15) is 0 Å². The molecule has 0 radical (unpaired) electrons. The quantitative estimate of drug-likeness (QED) is 0.451. The number of nitrogens with zero attached hydrogens (tertiary/aromatic N) is 1. The van der Waals surface area contributed by atoms with E-state index in [4.69, 9.17) is 4.74 Å². The highest BCUT2D eigenvalue weighted by Gasteiger charge is 2.21. The van der Waals surface area contributed by atoms with Gasteiger partial charge in [0.25, 0.3) is 0 Å². The van der Waals surface area contributed by atoms with E-state index >= 15 is 0 Å². The average Bonchev–Trinajstić information content (AvgIpc) is 2.50. The summed E-state index contributed by atoms with van der Waals surface area (Å²) in [5.41, 5.74) is 0. The van der Waals surface area contributed by atoms with Crippen LogP contribution >= 0.6 is 0 Å². The molecule has 1 rings (SSSR count). The van der Waals surface area contributed by atoms with Gasteiger partial charge in [0.1, 0.15) is 0 Å². The summed E-state index contributed by atoms with van der Waals surface area (Å²) in [6, 6.07) is 0.0738. The van der Waals surface area contributed by atoms with Gasteiger partial charge in [-0.05, 0) is 38.5 Å². The van der Waals surface area contributed by atoms with E-state index in [0.29, 0.717) is 5.92 Å². The van der Waals surface area contributed by atoms with E-state index in [0.717, 1.165) is 57.8 Å². The highest BCUT2D eigenvalue weighted by molar-refractivity contribution is 5.72. The number of carbonyl (C=O) groups excluding carboxylic acids is 2. The Hall–Kier alpha value is -1.15. The maximum absolute atomic E-state index is 11.7. The van der Waals surface area contributed by atoms with Gasteiger partial charge in [-0.15, -0.1) is 0 Å². The number of hydrogen-bond acceptors (Lipinski definition) is 4. The van der Waals surface area contributed by atoms with Crippen LogP contribution in [0.2, 0.25) is 0 Å². The minimum Gasteiger partial charge on any atom is -0.469 e. The molecule has 114 valence electrons. The number of methoxy groups -OCH3 is 1. The van der Waals surface area contributed by atoms with Gasteiger partial charge in [-0.25, -0.2) is 9.79 Å². The molecule has 3 unspecified atom stereocenters. The maximum Gasteiger partial charge on any atom is 0.308 e. The lowest BCUT2D eigenvalue weighted by Gasteiger charge is -2.19. The van der Waals surface area contributed by atoms with Crippen LogP contribution in [0, 0.1) is 11.8 Å². The lowest BCUT2D eigenvalue weighted by Crippen LogP contribution is -2.16. The van der Waals surface area contributed by atoms with Gasteiger partial charge in [0.15, 0.2) is 0 Å². The third-order valence-electron chi connectivity index (χ3n) is 4.48. The van der Waals surface area contributed by atoms with Crippen molar-refractivity contribution in [1.82, 2.24) is 0 Å². The molecule has 1 aliphatic rings. The second kappa shape index (κ2) is 9.71. The lowest BCUT2D eigenvalue weighted by molar-refractivity contribution is -0.146. The molecule has 1 fully saturated rings. The van der Waals surface area contributed by atoms with Crippen LogP contribution < -0.4 is 0 Å². The smallest absolute Gasteiger partial charge is 0.308 e. The largest absolute Gasteiger partial charge is 0.469 e. The number of carbonyl (C=O) groups is 1. The van der Waals surface area contributed by atoms with Crippen molar-refractivity contribution in [2.24, 2.45) is 16.8 Å². The number of esters is 1. The lowest BCUT2D eigenvalue weighted by atomic mass is 9.90. The van der Waals surface area contributed by atoms with E-state index in [9.17, 15) is 9.59 Å². The molecule has 4 nitrogen and oxygen atoms in total. The molecule has 0 spiro atoms. The molecule has 20 heavy (non-hydrogen) atoms. The van der Waals surface area contributed by atoms with Crippen LogP contribution in [0.5, 0.6) is 0 Å². The fraction of sp³-hybridized carbons (Fsp3) is 0.875. The van der Waals surface area contributed by atoms with Gasteiger partial charge < -0.3 is 4.74 Å². The fourth-order valence-corrected chi connectivity index (χ4v) is 3.13. The van der Waals surface area contributed by atoms with Crippen molar-refractivity contribution >= 4 is 12.0 Å². The van der Waals surface area contributed by atoms with Crippen molar-refractivity contribution in [1.29, 1.82) is 0 Å². The summed E-state index contributed by atoms with van der Waals surface area (Å²) < 4.78 is 4.88. The van der Waals surface area contributed by atoms with Crippen molar-refractivity contribution in [3.8, 4) is 0 Å². The van der Waals surface area contributed by atoms with Gasteiger partial charge in [0.2, 0.25) is 6.08 Å². The summed E-state index contributed by atoms with van der Waals surface area (Å²) in [5, 5.41) is 0. The predicted octanol–water partition coefficient (Wildman–Crippen LogP) is 3.64. The van der Waals surface area contributed by atoms with Crippen molar-refractivity contribution in [2.45, 2.75) is 70.8 Å². The summed E-state index contributed by atoms with van der Waals surface area (Å²) >= 11 is 0. The Morgan fingerprint density at radius 2 is 1.65 bits per heavy atom. The Kier molecular flexibility index (Phi) is 8.20. The molecular formula is C16H27NO3. The molecule has 1 aliphatic carbocycles. The zero-order chi connectivity index (χ0) is 14.8. The molecule has 0 bridgehead atoms. The van der Waals surface area contributed by atoms with E-state index < -0.39 is 0 Å². The second-order valence-electron chi connectivity index (χ2n) is 5.86. The number of aliphatic imine (C=N–C) groups is 1. The van der Waals surface area contributed by atoms with E-state index in [2.05, 4.69) is 4.99 Å². The average molecular weight is 281 g/mol. The Labute approximate surface area is 122 Å². The fourth-order valence-electron chi connectivity index (χ4n) is 3.13. The summed E-state index contributed by atoms with van der Waals surface area (Å²) in [7, 11) is 1.47. The third-order valence-corrected chi connectivity index (χ3v) is 4.48. The number of rotatable bonds is 3. The first-order chi connectivity index (χ1) is 9.69. The topological polar surface area (TPSA) is 55.7 Å². The van der Waals surface area contributed by atoms with Crippen LogP contribution in [0.4, 0.5) is 0 Å². The van der Waals surface area contributed by atoms with Gasteiger partial charge in [0.05, 0.1) is 19.1 Å². The van der Waals surface area contributed by atoms with E-state index in [1.165, 1.54) is 7.11 Å². The molecule has 0 N–H and O–H groups in total. The Bertz CT molecular complexity index is 337. The Morgan fingerprint density at radius 3 is 2.25 bits per heavy atom. The third kappa shape index (κ3) is 5.87. The van der Waals surface area contributed by atoms with Gasteiger partial charge in [-0.3, -0.25) is 4.79 Å². The Morgan fingerprint density at radius 1 is 1.10 bits per heavy atom. The molecule has 0 heterocycles. The van der Waals surface area contributed by atoms with Crippen LogP contribution in [0.3, 0.4) is 0 Å². The van der Waals surface area contributed by atoms with Gasteiger partial charge in [0, 0.05) is 0 Å². The van der Waals surface area contributed by atoms with Crippen molar-refractivity contribution < 1.29 is 14.3 Å². The summed E-state index contributed by atoms with van der Waals surface area (Å²) in [5.74, 6) is 0.493. The molecule has 1 saturated carbocycles. The first kappa shape index (κ1) is 16.9. The van der Waals surface area contributed by atoms with Crippen molar-refractivity contribution in [3.63, 3.8) is 0 Å². The predicted molar refractivity (Wildman–Crippen MR) is 78.1 cm³/mol. The van der Waals surface area contributed by atoms with E-state index in [1.54, 1.807) is 6.08 Å². The first-order valence-electron chi connectivity index (χ1n) is 7.83. The van der Waals surface area contributed by atoms with Crippen LogP contribution in [0.15, 0.2) is 4.99 Å². The minimum absolute atomic E-state index is 0.0558. The monoisotopic (exact) mass is 281 g/mol. The van der Waals surface area contributed by atoms with Crippen molar-refractivity contribution in [2.75, 3.05) is 7.11 Å². The van der Waals surface area contributed by atoms with Crippen LogP contribution in [-0.2, 0) is 14.3 Å². The standard InChI is InChI=1S/C16H27NO3/c1-13(17-12-18)14-8-4-3-5-10-15(16(19)20-2)11-7-6-9-14/h13-15H,3-11H2,1-2H3. The minimum atomic E-state index is -0.0558. The van der Waals surface area contributed by atoms with Crippen LogP contribution in [0.25, 0.3) is 0 Å². The molecule has 3 atom stereocenters. The molecule has 0 aromatic carbocycles.